The molecule has 0 spiro atoms. The van der Waals surface area contributed by atoms with Gasteiger partial charge in [0.15, 0.2) is 0 Å². The highest BCUT2D eigenvalue weighted by Crippen LogP contribution is 2.36. The third-order valence-electron chi connectivity index (χ3n) is 4.10. The number of aromatic nitrogens is 2. The molecular weight excluding hydrogens is 343 g/mol. The van der Waals surface area contributed by atoms with Gasteiger partial charge >= 0.3 is 8.25 Å². The lowest BCUT2D eigenvalue weighted by molar-refractivity contribution is 0.0451. The van der Waals surface area contributed by atoms with E-state index in [0.29, 0.717) is 31.9 Å². The fraction of sp³-hybridized carbons (Fsp3) is 0.412. The number of ether oxygens (including phenoxy) is 2. The van der Waals surface area contributed by atoms with Crippen LogP contribution in [0.1, 0.15) is 18.4 Å². The first-order chi connectivity index (χ1) is 12.2. The molecule has 0 radical (unpaired) electrons. The Morgan fingerprint density at radius 1 is 1.20 bits per heavy atom. The van der Waals surface area contributed by atoms with Crippen LogP contribution in [-0.4, -0.2) is 33.7 Å². The van der Waals surface area contributed by atoms with Gasteiger partial charge in [0, 0.05) is 29.2 Å². The van der Waals surface area contributed by atoms with Crippen LogP contribution in [0.2, 0.25) is 0 Å². The minimum absolute atomic E-state index is 0.0124. The van der Waals surface area contributed by atoms with Crippen LogP contribution < -0.4 is 4.74 Å². The van der Waals surface area contributed by atoms with E-state index in [1.807, 2.05) is 30.3 Å². The largest absolute Gasteiger partial charge is 0.695 e. The third-order valence-corrected chi connectivity index (χ3v) is 4.55. The average molecular weight is 363 g/mol. The Morgan fingerprint density at radius 2 is 2.04 bits per heavy atom. The van der Waals surface area contributed by atoms with E-state index in [4.69, 9.17) is 18.9 Å². The summed E-state index contributed by atoms with van der Waals surface area (Å²) in [4.78, 5) is 17.0. The molecule has 1 aliphatic rings. The molecule has 1 N–H and O–H groups in total. The zero-order chi connectivity index (χ0) is 17.5. The molecule has 7 nitrogen and oxygen atoms in total. The van der Waals surface area contributed by atoms with E-state index in [9.17, 15) is 4.57 Å². The van der Waals surface area contributed by atoms with Crippen LogP contribution in [-0.2, 0) is 20.4 Å². The summed E-state index contributed by atoms with van der Waals surface area (Å²) in [7, 11) is -2.66. The molecule has 0 amide bonds. The number of rotatable bonds is 8. The van der Waals surface area contributed by atoms with Crippen molar-refractivity contribution in [3.8, 4) is 5.88 Å². The van der Waals surface area contributed by atoms with E-state index < -0.39 is 8.25 Å². The van der Waals surface area contributed by atoms with Gasteiger partial charge in [-0.1, -0.05) is 30.3 Å². The van der Waals surface area contributed by atoms with Crippen molar-refractivity contribution in [3.05, 3.63) is 54.5 Å². The van der Waals surface area contributed by atoms with Crippen LogP contribution >= 0.6 is 8.25 Å². The molecule has 2 aromatic rings. The molecule has 132 valence electrons. The van der Waals surface area contributed by atoms with Gasteiger partial charge in [-0.05, 0) is 12.0 Å². The molecule has 1 aliphatic carbocycles. The Kier molecular flexibility index (Phi) is 6.42. The number of hydrogen-bond donors (Lipinski definition) is 1. The Hall–Kier alpha value is -1.92. The van der Waals surface area contributed by atoms with Crippen molar-refractivity contribution < 1.29 is 23.5 Å². The molecule has 0 saturated heterocycles. The highest BCUT2D eigenvalue weighted by molar-refractivity contribution is 7.32. The Balaban J connectivity index is 1.54. The summed E-state index contributed by atoms with van der Waals surface area (Å²) in [6.45, 7) is 0.930. The zero-order valence-corrected chi connectivity index (χ0v) is 14.5. The van der Waals surface area contributed by atoms with Crippen LogP contribution in [0.15, 0.2) is 48.9 Å². The molecule has 1 saturated carbocycles. The van der Waals surface area contributed by atoms with Crippen LogP contribution in [0.25, 0.3) is 0 Å². The number of nitrogens with zero attached hydrogens (tertiary/aromatic N) is 2. The first-order valence-electron chi connectivity index (χ1n) is 8.08. The van der Waals surface area contributed by atoms with E-state index in [0.717, 1.165) is 5.56 Å². The molecule has 1 aromatic heterocycles. The maximum Gasteiger partial charge on any atom is 0.695 e. The molecule has 2 unspecified atom stereocenters. The van der Waals surface area contributed by atoms with Gasteiger partial charge in [-0.25, -0.2) is 9.97 Å². The summed E-state index contributed by atoms with van der Waals surface area (Å²) in [6.07, 6.45) is 3.70. The quantitative estimate of drug-likeness (QED) is 0.721. The molecule has 8 heteroatoms. The van der Waals surface area contributed by atoms with Crippen LogP contribution in [0.5, 0.6) is 5.88 Å². The van der Waals surface area contributed by atoms with Crippen molar-refractivity contribution in [2.24, 2.45) is 5.92 Å². The Morgan fingerprint density at radius 3 is 2.76 bits per heavy atom. The standard InChI is InChI=1S/C17H19N2O5P/c20-25(21)24-16-9-15(23-17-6-7-18-12-19-17)8-14(16)11-22-10-13-4-2-1-3-5-13/h1-7,12,14-16H,8-11H2/p+1/t14-,15-,16?/m1/s1. The average Bonchev–Trinajstić information content (AvgIpc) is 2.97. The van der Waals surface area contributed by atoms with E-state index >= 15 is 0 Å². The highest BCUT2D eigenvalue weighted by atomic mass is 31.1. The topological polar surface area (TPSA) is 90.8 Å². The lowest BCUT2D eigenvalue weighted by atomic mass is 10.1. The minimum Gasteiger partial charge on any atom is -0.474 e. The van der Waals surface area contributed by atoms with Crippen LogP contribution in [0.4, 0.5) is 0 Å². The van der Waals surface area contributed by atoms with Crippen LogP contribution in [0, 0.1) is 5.92 Å². The van der Waals surface area contributed by atoms with Gasteiger partial charge in [0.05, 0.1) is 13.2 Å². The zero-order valence-electron chi connectivity index (χ0n) is 13.6. The SMILES string of the molecule is O=[P+](O)OC1C[C@H](Oc2ccncn2)C[C@@H]1COCc1ccccc1. The number of benzene rings is 1. The first kappa shape index (κ1) is 17.9. The third kappa shape index (κ3) is 5.54. The molecule has 1 heterocycles. The molecule has 4 atom stereocenters. The molecule has 3 rings (SSSR count). The fourth-order valence-electron chi connectivity index (χ4n) is 2.98. The van der Waals surface area contributed by atoms with Crippen molar-refractivity contribution in [2.45, 2.75) is 31.7 Å². The van der Waals surface area contributed by atoms with Gasteiger partial charge < -0.3 is 9.47 Å². The van der Waals surface area contributed by atoms with Gasteiger partial charge in [0.25, 0.3) is 0 Å². The van der Waals surface area contributed by atoms with Crippen molar-refractivity contribution in [2.75, 3.05) is 6.61 Å². The molecule has 1 fully saturated rings. The predicted octanol–water partition coefficient (Wildman–Crippen LogP) is 2.89. The smallest absolute Gasteiger partial charge is 0.474 e. The predicted molar refractivity (Wildman–Crippen MR) is 90.0 cm³/mol. The minimum atomic E-state index is -2.66. The summed E-state index contributed by atoms with van der Waals surface area (Å²) in [5, 5.41) is 0. The normalized spacial score (nSPS) is 23.4. The molecule has 1 aromatic carbocycles. The van der Waals surface area contributed by atoms with E-state index in [1.165, 1.54) is 6.33 Å². The van der Waals surface area contributed by atoms with Crippen molar-refractivity contribution in [1.82, 2.24) is 9.97 Å². The van der Waals surface area contributed by atoms with Gasteiger partial charge in [-0.2, -0.15) is 0 Å². The Labute approximate surface area is 146 Å². The summed E-state index contributed by atoms with van der Waals surface area (Å²) >= 11 is 0. The van der Waals surface area contributed by atoms with Crippen molar-refractivity contribution in [1.29, 1.82) is 0 Å². The second kappa shape index (κ2) is 8.97. The maximum absolute atomic E-state index is 11.1. The summed E-state index contributed by atoms with van der Waals surface area (Å²) < 4.78 is 27.8. The van der Waals surface area contributed by atoms with Gasteiger partial charge in [0.2, 0.25) is 5.88 Å². The molecule has 25 heavy (non-hydrogen) atoms. The molecular formula is C17H20N2O5P+. The van der Waals surface area contributed by atoms with Crippen LogP contribution in [0.3, 0.4) is 0 Å². The van der Waals surface area contributed by atoms with Crippen molar-refractivity contribution in [3.63, 3.8) is 0 Å². The second-order valence-electron chi connectivity index (χ2n) is 5.90. The van der Waals surface area contributed by atoms with Gasteiger partial charge in [-0.3, -0.25) is 0 Å². The van der Waals surface area contributed by atoms with Gasteiger partial charge in [-0.15, -0.1) is 9.42 Å². The summed E-state index contributed by atoms with van der Waals surface area (Å²) in [6, 6.07) is 11.5. The van der Waals surface area contributed by atoms with Crippen molar-refractivity contribution >= 4 is 8.25 Å². The second-order valence-corrected chi connectivity index (χ2v) is 6.59. The first-order valence-corrected chi connectivity index (χ1v) is 9.21. The summed E-state index contributed by atoms with van der Waals surface area (Å²) in [5.41, 5.74) is 1.08. The monoisotopic (exact) mass is 363 g/mol. The van der Waals surface area contributed by atoms with E-state index in [1.54, 1.807) is 12.3 Å². The fourth-order valence-corrected chi connectivity index (χ4v) is 3.47. The lowest BCUT2D eigenvalue weighted by Gasteiger charge is -2.14. The number of hydrogen-bond acceptors (Lipinski definition) is 6. The maximum atomic E-state index is 11.1. The van der Waals surface area contributed by atoms with E-state index in [-0.39, 0.29) is 18.1 Å². The van der Waals surface area contributed by atoms with E-state index in [2.05, 4.69) is 9.97 Å². The summed E-state index contributed by atoms with van der Waals surface area (Å²) in [5.74, 6) is 0.472. The lowest BCUT2D eigenvalue weighted by Crippen LogP contribution is -2.20. The van der Waals surface area contributed by atoms with Gasteiger partial charge in [0.1, 0.15) is 18.5 Å². The molecule has 0 aliphatic heterocycles. The molecule has 0 bridgehead atoms. The highest BCUT2D eigenvalue weighted by Gasteiger charge is 2.41. The Bertz CT molecular complexity index is 673.